The van der Waals surface area contributed by atoms with Gasteiger partial charge in [0.15, 0.2) is 17.5 Å². The zero-order valence-corrected chi connectivity index (χ0v) is 14.5. The van der Waals surface area contributed by atoms with Crippen LogP contribution in [0.2, 0.25) is 0 Å². The van der Waals surface area contributed by atoms with E-state index in [1.165, 1.54) is 12.1 Å². The van der Waals surface area contributed by atoms with Crippen molar-refractivity contribution in [2.45, 2.75) is 0 Å². The third-order valence-electron chi connectivity index (χ3n) is 4.08. The SMILES string of the molecule is Nc1ncc(/C=C/c2ccccc2)cc1-c1nnnn1-c1cccc(F)c1F. The quantitative estimate of drug-likeness (QED) is 0.586. The summed E-state index contributed by atoms with van der Waals surface area (Å²) in [6, 6.07) is 15.3. The Kier molecular flexibility index (Phi) is 4.59. The average Bonchev–Trinajstić information content (AvgIpc) is 3.19. The molecule has 0 amide bonds. The van der Waals surface area contributed by atoms with Crippen LogP contribution >= 0.6 is 0 Å². The molecule has 0 saturated heterocycles. The third kappa shape index (κ3) is 3.35. The molecule has 6 nitrogen and oxygen atoms in total. The van der Waals surface area contributed by atoms with Gasteiger partial charge in [0.05, 0.1) is 5.56 Å². The molecule has 0 fully saturated rings. The van der Waals surface area contributed by atoms with Gasteiger partial charge >= 0.3 is 0 Å². The van der Waals surface area contributed by atoms with Crippen LogP contribution in [0.3, 0.4) is 0 Å². The molecule has 0 spiro atoms. The number of nitrogens with zero attached hydrogens (tertiary/aromatic N) is 5. The van der Waals surface area contributed by atoms with Crippen molar-refractivity contribution < 1.29 is 8.78 Å². The van der Waals surface area contributed by atoms with E-state index in [2.05, 4.69) is 20.5 Å². The first-order chi connectivity index (χ1) is 13.6. The predicted octanol–water partition coefficient (Wildman–Crippen LogP) is 3.76. The van der Waals surface area contributed by atoms with E-state index < -0.39 is 11.6 Å². The van der Waals surface area contributed by atoms with Crippen molar-refractivity contribution in [1.29, 1.82) is 0 Å². The summed E-state index contributed by atoms with van der Waals surface area (Å²) < 4.78 is 28.9. The molecule has 0 saturated carbocycles. The summed E-state index contributed by atoms with van der Waals surface area (Å²) in [5, 5.41) is 11.3. The van der Waals surface area contributed by atoms with E-state index >= 15 is 0 Å². The lowest BCUT2D eigenvalue weighted by Gasteiger charge is -2.08. The van der Waals surface area contributed by atoms with Gasteiger partial charge in [-0.2, -0.15) is 4.68 Å². The van der Waals surface area contributed by atoms with Crippen LogP contribution in [-0.4, -0.2) is 25.2 Å². The molecule has 0 aliphatic carbocycles. The summed E-state index contributed by atoms with van der Waals surface area (Å²) in [6.45, 7) is 0. The standard InChI is InChI=1S/C20H14F2N6/c21-16-7-4-8-17(18(16)22)28-20(25-26-27-28)15-11-14(12-24-19(15)23)10-9-13-5-2-1-3-6-13/h1-12H,(H2,23,24)/b10-9+. The Morgan fingerprint density at radius 3 is 2.54 bits per heavy atom. The van der Waals surface area contributed by atoms with Gasteiger partial charge < -0.3 is 5.73 Å². The predicted molar refractivity (Wildman–Crippen MR) is 102 cm³/mol. The topological polar surface area (TPSA) is 82.5 Å². The van der Waals surface area contributed by atoms with Gasteiger partial charge in [-0.25, -0.2) is 13.8 Å². The van der Waals surface area contributed by atoms with Gasteiger partial charge in [0.25, 0.3) is 0 Å². The number of nitrogen functional groups attached to an aromatic ring is 1. The fraction of sp³-hybridized carbons (Fsp3) is 0. The average molecular weight is 376 g/mol. The van der Waals surface area contributed by atoms with Crippen LogP contribution in [0, 0.1) is 11.6 Å². The fourth-order valence-corrected chi connectivity index (χ4v) is 2.69. The Hall–Kier alpha value is -3.94. The maximum Gasteiger partial charge on any atom is 0.190 e. The highest BCUT2D eigenvalue weighted by atomic mass is 19.2. The molecule has 28 heavy (non-hydrogen) atoms. The minimum atomic E-state index is -1.05. The summed E-state index contributed by atoms with van der Waals surface area (Å²) >= 11 is 0. The molecule has 138 valence electrons. The van der Waals surface area contributed by atoms with E-state index in [4.69, 9.17) is 5.73 Å². The number of nitrogens with two attached hydrogens (primary N) is 1. The van der Waals surface area contributed by atoms with Crippen molar-refractivity contribution >= 4 is 18.0 Å². The number of hydrogen-bond acceptors (Lipinski definition) is 5. The van der Waals surface area contributed by atoms with Crippen LogP contribution < -0.4 is 5.73 Å². The molecule has 4 aromatic rings. The second kappa shape index (κ2) is 7.36. The Bertz CT molecular complexity index is 1150. The van der Waals surface area contributed by atoms with Crippen molar-refractivity contribution in [2.24, 2.45) is 0 Å². The summed E-state index contributed by atoms with van der Waals surface area (Å²) in [5.74, 6) is -1.72. The van der Waals surface area contributed by atoms with E-state index in [1.54, 1.807) is 12.3 Å². The molecule has 0 aliphatic rings. The van der Waals surface area contributed by atoms with Crippen molar-refractivity contribution in [1.82, 2.24) is 25.2 Å². The highest BCUT2D eigenvalue weighted by molar-refractivity contribution is 5.76. The number of pyridine rings is 1. The Morgan fingerprint density at radius 2 is 1.71 bits per heavy atom. The number of benzene rings is 2. The molecular weight excluding hydrogens is 362 g/mol. The van der Waals surface area contributed by atoms with Gasteiger partial charge in [-0.05, 0) is 39.8 Å². The van der Waals surface area contributed by atoms with Gasteiger partial charge in [0, 0.05) is 6.20 Å². The molecule has 0 aliphatic heterocycles. The number of tetrazole rings is 1. The van der Waals surface area contributed by atoms with Crippen molar-refractivity contribution in [3.05, 3.63) is 83.6 Å². The largest absolute Gasteiger partial charge is 0.383 e. The molecule has 8 heteroatoms. The number of anilines is 1. The van der Waals surface area contributed by atoms with Crippen molar-refractivity contribution in [3.8, 4) is 17.1 Å². The molecule has 2 aromatic heterocycles. The first-order valence-electron chi connectivity index (χ1n) is 8.35. The maximum absolute atomic E-state index is 14.2. The summed E-state index contributed by atoms with van der Waals surface area (Å²) in [7, 11) is 0. The highest BCUT2D eigenvalue weighted by Gasteiger charge is 2.18. The van der Waals surface area contributed by atoms with E-state index in [1.807, 2.05) is 42.5 Å². The van der Waals surface area contributed by atoms with Crippen LogP contribution in [0.1, 0.15) is 11.1 Å². The van der Waals surface area contributed by atoms with Crippen LogP contribution in [0.5, 0.6) is 0 Å². The Labute approximate surface area is 159 Å². The van der Waals surface area contributed by atoms with Crippen LogP contribution in [0.15, 0.2) is 60.8 Å². The zero-order chi connectivity index (χ0) is 19.5. The van der Waals surface area contributed by atoms with E-state index in [-0.39, 0.29) is 17.3 Å². The molecule has 2 N–H and O–H groups in total. The molecule has 0 bridgehead atoms. The smallest absolute Gasteiger partial charge is 0.190 e. The maximum atomic E-state index is 14.2. The minimum Gasteiger partial charge on any atom is -0.383 e. The van der Waals surface area contributed by atoms with Crippen molar-refractivity contribution in [2.75, 3.05) is 5.73 Å². The lowest BCUT2D eigenvalue weighted by atomic mass is 10.1. The van der Waals surface area contributed by atoms with Crippen LogP contribution in [-0.2, 0) is 0 Å². The van der Waals surface area contributed by atoms with Gasteiger partial charge in [0.2, 0.25) is 0 Å². The second-order valence-corrected chi connectivity index (χ2v) is 5.93. The molecule has 4 rings (SSSR count). The minimum absolute atomic E-state index is 0.121. The summed E-state index contributed by atoms with van der Waals surface area (Å²) in [6.07, 6.45) is 5.39. The molecule has 2 aromatic carbocycles. The molecular formula is C20H14F2N6. The molecule has 0 atom stereocenters. The van der Waals surface area contributed by atoms with E-state index in [0.29, 0.717) is 5.56 Å². The monoisotopic (exact) mass is 376 g/mol. The highest BCUT2D eigenvalue weighted by Crippen LogP contribution is 2.27. The number of rotatable bonds is 4. The third-order valence-corrected chi connectivity index (χ3v) is 4.08. The van der Waals surface area contributed by atoms with Gasteiger partial charge in [-0.3, -0.25) is 0 Å². The first-order valence-corrected chi connectivity index (χ1v) is 8.35. The van der Waals surface area contributed by atoms with Crippen LogP contribution in [0.4, 0.5) is 14.6 Å². The molecule has 0 unspecified atom stereocenters. The number of aromatic nitrogens is 5. The molecule has 0 radical (unpaired) electrons. The van der Waals surface area contributed by atoms with Crippen LogP contribution in [0.25, 0.3) is 29.2 Å². The van der Waals surface area contributed by atoms with E-state index in [9.17, 15) is 8.78 Å². The lowest BCUT2D eigenvalue weighted by molar-refractivity contribution is 0.501. The van der Waals surface area contributed by atoms with Gasteiger partial charge in [-0.15, -0.1) is 5.10 Å². The summed E-state index contributed by atoms with van der Waals surface area (Å²) in [4.78, 5) is 4.17. The zero-order valence-electron chi connectivity index (χ0n) is 14.5. The normalized spacial score (nSPS) is 11.2. The molecule has 2 heterocycles. The lowest BCUT2D eigenvalue weighted by Crippen LogP contribution is -2.06. The van der Waals surface area contributed by atoms with Crippen molar-refractivity contribution in [3.63, 3.8) is 0 Å². The Morgan fingerprint density at radius 1 is 0.929 bits per heavy atom. The van der Waals surface area contributed by atoms with E-state index in [0.717, 1.165) is 21.9 Å². The number of hydrogen-bond donors (Lipinski definition) is 1. The number of halogens is 2. The first kappa shape index (κ1) is 17.5. The fourth-order valence-electron chi connectivity index (χ4n) is 2.69. The van der Waals surface area contributed by atoms with Gasteiger partial charge in [0.1, 0.15) is 11.5 Å². The second-order valence-electron chi connectivity index (χ2n) is 5.93. The van der Waals surface area contributed by atoms with Gasteiger partial charge in [-0.1, -0.05) is 48.6 Å². The summed E-state index contributed by atoms with van der Waals surface area (Å²) in [5.41, 5.74) is 8.05. The Balaban J connectivity index is 1.76.